The molecule has 0 aromatic carbocycles. The summed E-state index contributed by atoms with van der Waals surface area (Å²) in [6.07, 6.45) is 5.36. The highest BCUT2D eigenvalue weighted by molar-refractivity contribution is 5.97. The number of likely N-dealkylation sites (N-methyl/N-ethyl adjacent to an activating group) is 1. The topological polar surface area (TPSA) is 91.8 Å². The normalized spacial score (nSPS) is 19.9. The SMILES string of the molecule is CN1CCN(C(C)(C)C2=CC=C(NC(=O)C(/C=C/C#Cc3cnc4cccnn34)=C/N)CC2C(F)(F)F)CC1. The van der Waals surface area contributed by atoms with Gasteiger partial charge in [0.1, 0.15) is 5.69 Å². The van der Waals surface area contributed by atoms with E-state index in [4.69, 9.17) is 5.73 Å². The fraction of sp³-hybridized carbons (Fsp3) is 0.393. The molecule has 3 heterocycles. The first-order valence-corrected chi connectivity index (χ1v) is 12.6. The van der Waals surface area contributed by atoms with Gasteiger partial charge in [-0.3, -0.25) is 9.69 Å². The van der Waals surface area contributed by atoms with Gasteiger partial charge in [-0.25, -0.2) is 9.50 Å². The molecule has 2 aromatic rings. The summed E-state index contributed by atoms with van der Waals surface area (Å²) in [5.41, 5.74) is 6.60. The number of fused-ring (bicyclic) bond motifs is 1. The van der Waals surface area contributed by atoms with Crippen LogP contribution in [0, 0.1) is 17.8 Å². The quantitative estimate of drug-likeness (QED) is 0.345. The number of rotatable bonds is 5. The zero-order valence-electron chi connectivity index (χ0n) is 22.2. The predicted octanol–water partition coefficient (Wildman–Crippen LogP) is 3.01. The lowest BCUT2D eigenvalue weighted by molar-refractivity contribution is -0.168. The lowest BCUT2D eigenvalue weighted by Gasteiger charge is -2.47. The zero-order valence-corrected chi connectivity index (χ0v) is 22.2. The van der Waals surface area contributed by atoms with Crippen LogP contribution in [-0.4, -0.2) is 75.2 Å². The van der Waals surface area contributed by atoms with Crippen molar-refractivity contribution < 1.29 is 18.0 Å². The summed E-state index contributed by atoms with van der Waals surface area (Å²) >= 11 is 0. The molecular formula is C28H32F3N7O. The summed E-state index contributed by atoms with van der Waals surface area (Å²) < 4.78 is 44.3. The molecule has 206 valence electrons. The van der Waals surface area contributed by atoms with Gasteiger partial charge >= 0.3 is 6.18 Å². The van der Waals surface area contributed by atoms with Crippen LogP contribution in [0.1, 0.15) is 26.0 Å². The predicted molar refractivity (Wildman–Crippen MR) is 143 cm³/mol. The van der Waals surface area contributed by atoms with Crippen LogP contribution >= 0.6 is 0 Å². The van der Waals surface area contributed by atoms with Gasteiger partial charge < -0.3 is 16.0 Å². The number of nitrogens with one attached hydrogen (secondary N) is 1. The Morgan fingerprint density at radius 1 is 1.21 bits per heavy atom. The highest BCUT2D eigenvalue weighted by Gasteiger charge is 2.49. The van der Waals surface area contributed by atoms with Crippen LogP contribution in [0.3, 0.4) is 0 Å². The van der Waals surface area contributed by atoms with E-state index < -0.39 is 23.5 Å². The third-order valence-corrected chi connectivity index (χ3v) is 7.20. The zero-order chi connectivity index (χ0) is 28.2. The summed E-state index contributed by atoms with van der Waals surface area (Å²) in [7, 11) is 2.01. The molecule has 8 nitrogen and oxygen atoms in total. The second kappa shape index (κ2) is 11.5. The highest BCUT2D eigenvalue weighted by atomic mass is 19.4. The number of carbonyl (C=O) groups excluding carboxylic acids is 1. The van der Waals surface area contributed by atoms with Gasteiger partial charge in [0.15, 0.2) is 5.65 Å². The maximum Gasteiger partial charge on any atom is 0.395 e. The Morgan fingerprint density at radius 2 is 1.95 bits per heavy atom. The van der Waals surface area contributed by atoms with E-state index in [2.05, 4.69) is 37.0 Å². The second-order valence-electron chi connectivity index (χ2n) is 10.1. The van der Waals surface area contributed by atoms with E-state index in [0.29, 0.717) is 30.0 Å². The Balaban J connectivity index is 1.47. The van der Waals surface area contributed by atoms with Crippen LogP contribution in [0.15, 0.2) is 71.9 Å². The van der Waals surface area contributed by atoms with Gasteiger partial charge in [0, 0.05) is 56.2 Å². The maximum atomic E-state index is 14.2. The van der Waals surface area contributed by atoms with Crippen molar-refractivity contribution in [3.8, 4) is 11.8 Å². The van der Waals surface area contributed by atoms with Crippen LogP contribution in [0.25, 0.3) is 5.65 Å². The first kappa shape index (κ1) is 28.1. The fourth-order valence-electron chi connectivity index (χ4n) is 4.85. The number of aromatic nitrogens is 3. The number of imidazole rings is 1. The average Bonchev–Trinajstić information content (AvgIpc) is 3.31. The number of carbonyl (C=O) groups is 1. The molecular weight excluding hydrogens is 507 g/mol. The molecule has 0 saturated carbocycles. The Morgan fingerprint density at radius 3 is 2.64 bits per heavy atom. The van der Waals surface area contributed by atoms with Crippen molar-refractivity contribution in [2.24, 2.45) is 11.7 Å². The second-order valence-corrected chi connectivity index (χ2v) is 10.1. The summed E-state index contributed by atoms with van der Waals surface area (Å²) in [4.78, 5) is 21.3. The van der Waals surface area contributed by atoms with Crippen molar-refractivity contribution in [2.45, 2.75) is 32.0 Å². The molecule has 2 aliphatic rings. The minimum atomic E-state index is -4.46. The third-order valence-electron chi connectivity index (χ3n) is 7.20. The summed E-state index contributed by atoms with van der Waals surface area (Å²) in [5, 5.41) is 6.77. The summed E-state index contributed by atoms with van der Waals surface area (Å²) in [6, 6.07) is 3.56. The van der Waals surface area contributed by atoms with Crippen molar-refractivity contribution >= 4 is 11.6 Å². The van der Waals surface area contributed by atoms with E-state index in [9.17, 15) is 18.0 Å². The molecule has 0 bridgehead atoms. The van der Waals surface area contributed by atoms with E-state index in [1.165, 1.54) is 18.2 Å². The minimum Gasteiger partial charge on any atom is -0.404 e. The molecule has 39 heavy (non-hydrogen) atoms. The number of allylic oxidation sites excluding steroid dienone is 4. The Labute approximate surface area is 225 Å². The van der Waals surface area contributed by atoms with Gasteiger partial charge in [0.25, 0.3) is 5.91 Å². The monoisotopic (exact) mass is 539 g/mol. The lowest BCUT2D eigenvalue weighted by atomic mass is 9.77. The number of piperazine rings is 1. The molecule has 3 N–H and O–H groups in total. The van der Waals surface area contributed by atoms with Gasteiger partial charge in [-0.15, -0.1) is 0 Å². The summed E-state index contributed by atoms with van der Waals surface area (Å²) in [5.74, 6) is 3.36. The van der Waals surface area contributed by atoms with Crippen LogP contribution < -0.4 is 11.1 Å². The summed E-state index contributed by atoms with van der Waals surface area (Å²) in [6.45, 7) is 6.65. The third kappa shape index (κ3) is 6.41. The number of hydrogen-bond acceptors (Lipinski definition) is 6. The van der Waals surface area contributed by atoms with Crippen molar-refractivity contribution in [2.75, 3.05) is 33.2 Å². The fourth-order valence-corrected chi connectivity index (χ4v) is 4.85. The number of nitrogens with zero attached hydrogens (tertiary/aromatic N) is 5. The number of halogens is 3. The Bertz CT molecular complexity index is 1400. The van der Waals surface area contributed by atoms with Crippen molar-refractivity contribution in [1.82, 2.24) is 29.7 Å². The van der Waals surface area contributed by atoms with Crippen LogP contribution in [0.2, 0.25) is 0 Å². The van der Waals surface area contributed by atoms with E-state index in [0.717, 1.165) is 19.3 Å². The van der Waals surface area contributed by atoms with E-state index in [1.54, 1.807) is 35.1 Å². The Hall–Kier alpha value is -3.88. The number of nitrogens with two attached hydrogens (primary N) is 1. The van der Waals surface area contributed by atoms with Crippen molar-refractivity contribution in [3.63, 3.8) is 0 Å². The average molecular weight is 540 g/mol. The van der Waals surface area contributed by atoms with Crippen molar-refractivity contribution in [3.05, 3.63) is 77.6 Å². The molecule has 1 unspecified atom stereocenters. The van der Waals surface area contributed by atoms with Gasteiger partial charge in [-0.05, 0) is 62.7 Å². The molecule has 2 aromatic heterocycles. The smallest absolute Gasteiger partial charge is 0.395 e. The number of amides is 1. The van der Waals surface area contributed by atoms with Crippen LogP contribution in [-0.2, 0) is 4.79 Å². The first-order chi connectivity index (χ1) is 18.5. The largest absolute Gasteiger partial charge is 0.404 e. The minimum absolute atomic E-state index is 0.0672. The molecule has 1 fully saturated rings. The molecule has 1 amide bonds. The molecule has 4 rings (SSSR count). The standard InChI is InChI=1S/C28H32F3N7O/c1-27(2,37-15-13-36(3)14-16-37)23-11-10-21(17-24(23)28(29,30)31)35-26(39)20(18-32)7-4-5-8-22-19-33-25-9-6-12-34-38(22)25/h4,6-7,9-12,18-19,24H,13-17,32H2,1-3H3,(H,35,39)/b7-4+,20-18+. The molecule has 1 aliphatic heterocycles. The molecule has 1 atom stereocenters. The van der Waals surface area contributed by atoms with Gasteiger partial charge in [-0.2, -0.15) is 18.3 Å². The van der Waals surface area contributed by atoms with Crippen molar-refractivity contribution in [1.29, 1.82) is 0 Å². The molecule has 1 saturated heterocycles. The first-order valence-electron chi connectivity index (χ1n) is 12.6. The number of hydrogen-bond donors (Lipinski definition) is 2. The Kier molecular flexibility index (Phi) is 8.28. The van der Waals surface area contributed by atoms with Gasteiger partial charge in [-0.1, -0.05) is 12.0 Å². The molecule has 11 heteroatoms. The van der Waals surface area contributed by atoms with Gasteiger partial charge in [0.05, 0.1) is 17.7 Å². The van der Waals surface area contributed by atoms with Crippen LogP contribution in [0.4, 0.5) is 13.2 Å². The highest BCUT2D eigenvalue weighted by Crippen LogP contribution is 2.44. The van der Waals surface area contributed by atoms with Crippen LogP contribution in [0.5, 0.6) is 0 Å². The van der Waals surface area contributed by atoms with Gasteiger partial charge in [0.2, 0.25) is 0 Å². The van der Waals surface area contributed by atoms with E-state index >= 15 is 0 Å². The van der Waals surface area contributed by atoms with E-state index in [1.807, 2.05) is 20.9 Å². The molecule has 0 spiro atoms. The number of alkyl halides is 3. The molecule has 0 radical (unpaired) electrons. The molecule has 1 aliphatic carbocycles. The maximum absolute atomic E-state index is 14.2. The van der Waals surface area contributed by atoms with E-state index in [-0.39, 0.29) is 17.7 Å². The lowest BCUT2D eigenvalue weighted by Crippen LogP contribution is -2.56.